The van der Waals surface area contributed by atoms with E-state index in [1.165, 1.54) is 0 Å². The fourth-order valence-electron chi connectivity index (χ4n) is 3.15. The van der Waals surface area contributed by atoms with Gasteiger partial charge in [-0.25, -0.2) is 8.42 Å². The number of methoxy groups -OCH3 is 1. The van der Waals surface area contributed by atoms with E-state index in [9.17, 15) is 8.42 Å². The van der Waals surface area contributed by atoms with Gasteiger partial charge in [0.1, 0.15) is 0 Å². The second kappa shape index (κ2) is 6.25. The van der Waals surface area contributed by atoms with Crippen LogP contribution in [0.3, 0.4) is 0 Å². The van der Waals surface area contributed by atoms with Crippen molar-refractivity contribution in [3.63, 3.8) is 0 Å². The smallest absolute Gasteiger partial charge is 0.244 e. The maximum atomic E-state index is 13.2. The summed E-state index contributed by atoms with van der Waals surface area (Å²) < 4.78 is 44.1. The highest BCUT2D eigenvalue weighted by molar-refractivity contribution is 7.89. The van der Waals surface area contributed by atoms with Crippen molar-refractivity contribution in [3.8, 4) is 0 Å². The minimum Gasteiger partial charge on any atom is -0.380 e. The highest BCUT2D eigenvalue weighted by Gasteiger charge is 2.49. The summed E-state index contributed by atoms with van der Waals surface area (Å²) >= 11 is 0. The average molecular weight is 327 g/mol. The standard InChI is InChI=1S/C15H21NO5S/c1-19-10-13-4-2-3-5-14(13)22(17,18)16-7-9-21-12-15(16)6-8-20-11-15/h2-5H,6-12H2,1H3. The zero-order valence-corrected chi connectivity index (χ0v) is 13.5. The number of sulfonamides is 1. The lowest BCUT2D eigenvalue weighted by atomic mass is 9.99. The van der Waals surface area contributed by atoms with E-state index in [0.717, 1.165) is 0 Å². The molecule has 2 heterocycles. The molecule has 22 heavy (non-hydrogen) atoms. The Morgan fingerprint density at radius 1 is 1.23 bits per heavy atom. The number of hydrogen-bond donors (Lipinski definition) is 0. The number of morpholine rings is 1. The Balaban J connectivity index is 2.01. The number of rotatable bonds is 4. The summed E-state index contributed by atoms with van der Waals surface area (Å²) in [5, 5.41) is 0. The van der Waals surface area contributed by atoms with Crippen molar-refractivity contribution in [2.45, 2.75) is 23.5 Å². The van der Waals surface area contributed by atoms with Gasteiger partial charge >= 0.3 is 0 Å². The van der Waals surface area contributed by atoms with Crippen LogP contribution in [0, 0.1) is 0 Å². The van der Waals surface area contributed by atoms with Gasteiger partial charge in [-0.3, -0.25) is 0 Å². The molecule has 0 N–H and O–H groups in total. The number of nitrogens with zero attached hydrogens (tertiary/aromatic N) is 1. The van der Waals surface area contributed by atoms with Crippen molar-refractivity contribution in [2.75, 3.05) is 40.1 Å². The van der Waals surface area contributed by atoms with Crippen molar-refractivity contribution in [1.29, 1.82) is 0 Å². The average Bonchev–Trinajstić information content (AvgIpc) is 2.97. The van der Waals surface area contributed by atoms with Gasteiger partial charge in [0.15, 0.2) is 0 Å². The van der Waals surface area contributed by atoms with Crippen LogP contribution in [0.5, 0.6) is 0 Å². The molecule has 0 aromatic heterocycles. The molecule has 0 saturated carbocycles. The molecular weight excluding hydrogens is 306 g/mol. The van der Waals surface area contributed by atoms with Gasteiger partial charge in [0, 0.05) is 20.3 Å². The third kappa shape index (κ3) is 2.68. The largest absolute Gasteiger partial charge is 0.380 e. The lowest BCUT2D eigenvalue weighted by Crippen LogP contribution is -2.59. The normalized spacial score (nSPS) is 26.6. The van der Waals surface area contributed by atoms with Crippen LogP contribution in [-0.4, -0.2) is 58.3 Å². The van der Waals surface area contributed by atoms with Crippen molar-refractivity contribution in [2.24, 2.45) is 0 Å². The maximum Gasteiger partial charge on any atom is 0.244 e. The van der Waals surface area contributed by atoms with Crippen molar-refractivity contribution < 1.29 is 22.6 Å². The first-order valence-electron chi connectivity index (χ1n) is 7.35. The SMILES string of the molecule is COCc1ccccc1S(=O)(=O)N1CCOCC12CCOC2. The molecule has 2 aliphatic heterocycles. The van der Waals surface area contributed by atoms with E-state index in [1.807, 2.05) is 6.07 Å². The van der Waals surface area contributed by atoms with Gasteiger partial charge in [-0.05, 0) is 18.1 Å². The molecule has 1 atom stereocenters. The molecule has 2 saturated heterocycles. The summed E-state index contributed by atoms with van der Waals surface area (Å²) in [7, 11) is -2.05. The summed E-state index contributed by atoms with van der Waals surface area (Å²) in [6.45, 7) is 2.37. The van der Waals surface area contributed by atoms with Crippen molar-refractivity contribution in [1.82, 2.24) is 4.31 Å². The summed E-state index contributed by atoms with van der Waals surface area (Å²) in [5.41, 5.74) is 0.0997. The van der Waals surface area contributed by atoms with E-state index in [2.05, 4.69) is 0 Å². The fraction of sp³-hybridized carbons (Fsp3) is 0.600. The first-order chi connectivity index (χ1) is 10.6. The molecule has 1 unspecified atom stereocenters. The molecule has 0 radical (unpaired) electrons. The van der Waals surface area contributed by atoms with Crippen LogP contribution in [0.25, 0.3) is 0 Å². The molecule has 122 valence electrons. The molecule has 0 amide bonds. The van der Waals surface area contributed by atoms with E-state index in [1.54, 1.807) is 29.6 Å². The van der Waals surface area contributed by atoms with Crippen LogP contribution in [-0.2, 0) is 30.8 Å². The predicted octanol–water partition coefficient (Wildman–Crippen LogP) is 1.01. The minimum atomic E-state index is -3.61. The number of benzene rings is 1. The third-order valence-corrected chi connectivity index (χ3v) is 6.37. The summed E-state index contributed by atoms with van der Waals surface area (Å²) in [6, 6.07) is 6.99. The molecule has 1 aromatic carbocycles. The molecule has 1 spiro atoms. The van der Waals surface area contributed by atoms with Gasteiger partial charge in [0.2, 0.25) is 10.0 Å². The molecule has 0 aliphatic carbocycles. The van der Waals surface area contributed by atoms with Gasteiger partial charge in [0.25, 0.3) is 0 Å². The van der Waals surface area contributed by atoms with Gasteiger partial charge in [-0.1, -0.05) is 18.2 Å². The first-order valence-corrected chi connectivity index (χ1v) is 8.79. The van der Waals surface area contributed by atoms with Crippen LogP contribution >= 0.6 is 0 Å². The van der Waals surface area contributed by atoms with E-state index in [4.69, 9.17) is 14.2 Å². The Kier molecular flexibility index (Phi) is 4.52. The van der Waals surface area contributed by atoms with Crippen molar-refractivity contribution >= 4 is 10.0 Å². The molecule has 0 bridgehead atoms. The predicted molar refractivity (Wildman–Crippen MR) is 80.0 cm³/mol. The fourth-order valence-corrected chi connectivity index (χ4v) is 5.12. The molecule has 7 heteroatoms. The zero-order valence-electron chi connectivity index (χ0n) is 12.7. The molecule has 2 fully saturated rings. The molecule has 3 rings (SSSR count). The molecule has 2 aliphatic rings. The number of ether oxygens (including phenoxy) is 3. The minimum absolute atomic E-state index is 0.267. The number of hydrogen-bond acceptors (Lipinski definition) is 5. The van der Waals surface area contributed by atoms with Crippen LogP contribution in [0.2, 0.25) is 0 Å². The van der Waals surface area contributed by atoms with Crippen LogP contribution in [0.4, 0.5) is 0 Å². The highest BCUT2D eigenvalue weighted by atomic mass is 32.2. The van der Waals surface area contributed by atoms with Gasteiger partial charge in [-0.2, -0.15) is 4.31 Å². The molecular formula is C15H21NO5S. The van der Waals surface area contributed by atoms with Gasteiger partial charge in [0.05, 0.1) is 36.9 Å². The van der Waals surface area contributed by atoms with E-state index < -0.39 is 15.6 Å². The Hall–Kier alpha value is -0.990. The summed E-state index contributed by atoms with van der Waals surface area (Å²) in [4.78, 5) is 0.310. The highest BCUT2D eigenvalue weighted by Crippen LogP contribution is 2.35. The Morgan fingerprint density at radius 2 is 1.95 bits per heavy atom. The Bertz CT molecular complexity index is 625. The second-order valence-electron chi connectivity index (χ2n) is 5.70. The second-order valence-corrected chi connectivity index (χ2v) is 7.53. The lowest BCUT2D eigenvalue weighted by molar-refractivity contribution is -0.0293. The van der Waals surface area contributed by atoms with E-state index >= 15 is 0 Å². The van der Waals surface area contributed by atoms with Crippen LogP contribution < -0.4 is 0 Å². The lowest BCUT2D eigenvalue weighted by Gasteiger charge is -2.42. The van der Waals surface area contributed by atoms with Gasteiger partial charge < -0.3 is 14.2 Å². The first kappa shape index (κ1) is 15.9. The topological polar surface area (TPSA) is 65.1 Å². The zero-order chi connectivity index (χ0) is 15.6. The van der Waals surface area contributed by atoms with Crippen molar-refractivity contribution in [3.05, 3.63) is 29.8 Å². The molecule has 6 nitrogen and oxygen atoms in total. The monoisotopic (exact) mass is 327 g/mol. The summed E-state index contributed by atoms with van der Waals surface area (Å²) in [5.74, 6) is 0. The van der Waals surface area contributed by atoms with Crippen LogP contribution in [0.1, 0.15) is 12.0 Å². The summed E-state index contributed by atoms with van der Waals surface area (Å²) in [6.07, 6.45) is 0.665. The maximum absolute atomic E-state index is 13.2. The van der Waals surface area contributed by atoms with Gasteiger partial charge in [-0.15, -0.1) is 0 Å². The van der Waals surface area contributed by atoms with E-state index in [-0.39, 0.29) is 6.61 Å². The van der Waals surface area contributed by atoms with E-state index in [0.29, 0.717) is 49.9 Å². The Labute approximate surface area is 131 Å². The third-order valence-electron chi connectivity index (χ3n) is 4.26. The Morgan fingerprint density at radius 3 is 2.64 bits per heavy atom. The quantitative estimate of drug-likeness (QED) is 0.826. The van der Waals surface area contributed by atoms with Crippen LogP contribution in [0.15, 0.2) is 29.2 Å². The molecule has 1 aromatic rings.